The highest BCUT2D eigenvalue weighted by Gasteiger charge is 2.18. The van der Waals surface area contributed by atoms with Gasteiger partial charge in [0.1, 0.15) is 0 Å². The van der Waals surface area contributed by atoms with Crippen LogP contribution in [0.25, 0.3) is 0 Å². The Hall–Kier alpha value is -1.04. The zero-order valence-corrected chi connectivity index (χ0v) is 13.1. The van der Waals surface area contributed by atoms with E-state index >= 15 is 0 Å². The zero-order valence-electron chi connectivity index (χ0n) is 11.5. The predicted octanol–water partition coefficient (Wildman–Crippen LogP) is 2.51. The lowest BCUT2D eigenvalue weighted by atomic mass is 10.0. The SMILES string of the molecule is CC1CCCN(C(=O)NCc2nn(C)cc2Br)CC1. The van der Waals surface area contributed by atoms with Crippen LogP contribution in [-0.2, 0) is 13.6 Å². The highest BCUT2D eigenvalue weighted by Crippen LogP contribution is 2.17. The smallest absolute Gasteiger partial charge is 0.317 e. The van der Waals surface area contributed by atoms with Crippen LogP contribution in [0, 0.1) is 5.92 Å². The summed E-state index contributed by atoms with van der Waals surface area (Å²) in [7, 11) is 1.87. The standard InChI is InChI=1S/C13H21BrN4O/c1-10-4-3-6-18(7-5-10)13(19)15-8-12-11(14)9-17(2)16-12/h9-10H,3-8H2,1-2H3,(H,15,19). The first kappa shape index (κ1) is 14.4. The Balaban J connectivity index is 1.85. The lowest BCUT2D eigenvalue weighted by Crippen LogP contribution is -2.40. The minimum Gasteiger partial charge on any atom is -0.332 e. The van der Waals surface area contributed by atoms with Gasteiger partial charge in [0, 0.05) is 26.3 Å². The molecule has 0 bridgehead atoms. The molecule has 2 heterocycles. The van der Waals surface area contributed by atoms with E-state index in [1.807, 2.05) is 18.1 Å². The molecule has 19 heavy (non-hydrogen) atoms. The Morgan fingerprint density at radius 3 is 3.00 bits per heavy atom. The highest BCUT2D eigenvalue weighted by molar-refractivity contribution is 9.10. The molecule has 0 saturated carbocycles. The van der Waals surface area contributed by atoms with E-state index in [1.165, 1.54) is 6.42 Å². The van der Waals surface area contributed by atoms with Gasteiger partial charge in [0.05, 0.1) is 16.7 Å². The molecule has 1 unspecified atom stereocenters. The fourth-order valence-electron chi connectivity index (χ4n) is 2.36. The lowest BCUT2D eigenvalue weighted by Gasteiger charge is -2.20. The van der Waals surface area contributed by atoms with Crippen LogP contribution in [0.15, 0.2) is 10.7 Å². The predicted molar refractivity (Wildman–Crippen MR) is 77.7 cm³/mol. The van der Waals surface area contributed by atoms with Crippen LogP contribution in [0.5, 0.6) is 0 Å². The van der Waals surface area contributed by atoms with Gasteiger partial charge in [-0.3, -0.25) is 4.68 Å². The van der Waals surface area contributed by atoms with Crippen molar-refractivity contribution in [2.75, 3.05) is 13.1 Å². The summed E-state index contributed by atoms with van der Waals surface area (Å²) in [5.74, 6) is 0.725. The number of amides is 2. The van der Waals surface area contributed by atoms with Gasteiger partial charge in [-0.25, -0.2) is 4.79 Å². The average molecular weight is 329 g/mol. The van der Waals surface area contributed by atoms with Crippen LogP contribution in [0.2, 0.25) is 0 Å². The van der Waals surface area contributed by atoms with Gasteiger partial charge in [0.25, 0.3) is 0 Å². The van der Waals surface area contributed by atoms with Gasteiger partial charge < -0.3 is 10.2 Å². The number of carbonyl (C=O) groups excluding carboxylic acids is 1. The van der Waals surface area contributed by atoms with E-state index in [9.17, 15) is 4.79 Å². The quantitative estimate of drug-likeness (QED) is 0.906. The molecular formula is C13H21BrN4O. The normalized spacial score (nSPS) is 20.2. The first-order valence-electron chi connectivity index (χ1n) is 6.77. The molecule has 5 nitrogen and oxygen atoms in total. The number of hydrogen-bond donors (Lipinski definition) is 1. The van der Waals surface area contributed by atoms with Crippen molar-refractivity contribution in [3.8, 4) is 0 Å². The van der Waals surface area contributed by atoms with Crippen molar-refractivity contribution in [1.82, 2.24) is 20.0 Å². The van der Waals surface area contributed by atoms with E-state index in [-0.39, 0.29) is 6.03 Å². The van der Waals surface area contributed by atoms with Crippen molar-refractivity contribution in [1.29, 1.82) is 0 Å². The lowest BCUT2D eigenvalue weighted by molar-refractivity contribution is 0.198. The number of nitrogens with zero attached hydrogens (tertiary/aromatic N) is 3. The largest absolute Gasteiger partial charge is 0.332 e. The molecule has 106 valence electrons. The first-order chi connectivity index (χ1) is 9.06. The minimum atomic E-state index is 0.0200. The van der Waals surface area contributed by atoms with Crippen molar-refractivity contribution >= 4 is 22.0 Å². The average Bonchev–Trinajstić information content (AvgIpc) is 2.56. The van der Waals surface area contributed by atoms with E-state index in [2.05, 4.69) is 33.3 Å². The molecule has 0 aromatic carbocycles. The number of hydrogen-bond acceptors (Lipinski definition) is 2. The molecule has 2 amide bonds. The number of aromatic nitrogens is 2. The van der Waals surface area contributed by atoms with E-state index in [1.54, 1.807) is 4.68 Å². The van der Waals surface area contributed by atoms with Crippen molar-refractivity contribution in [3.63, 3.8) is 0 Å². The minimum absolute atomic E-state index is 0.0200. The van der Waals surface area contributed by atoms with Gasteiger partial charge in [-0.2, -0.15) is 5.10 Å². The van der Waals surface area contributed by atoms with Gasteiger partial charge >= 0.3 is 6.03 Å². The molecule has 1 saturated heterocycles. The molecule has 1 fully saturated rings. The first-order valence-corrected chi connectivity index (χ1v) is 7.56. The number of carbonyl (C=O) groups is 1. The molecule has 1 aliphatic heterocycles. The van der Waals surface area contributed by atoms with Crippen molar-refractivity contribution in [3.05, 3.63) is 16.4 Å². The molecule has 1 aliphatic rings. The van der Waals surface area contributed by atoms with E-state index < -0.39 is 0 Å². The van der Waals surface area contributed by atoms with Crippen LogP contribution < -0.4 is 5.32 Å². The molecule has 1 N–H and O–H groups in total. The summed E-state index contributed by atoms with van der Waals surface area (Å²) in [5, 5.41) is 7.24. The monoisotopic (exact) mass is 328 g/mol. The second kappa shape index (κ2) is 6.41. The third kappa shape index (κ3) is 3.96. The van der Waals surface area contributed by atoms with Crippen LogP contribution in [-0.4, -0.2) is 33.8 Å². The van der Waals surface area contributed by atoms with E-state index in [0.717, 1.165) is 42.0 Å². The second-order valence-electron chi connectivity index (χ2n) is 5.28. The molecule has 2 rings (SSSR count). The third-order valence-electron chi connectivity index (χ3n) is 3.57. The molecule has 1 aromatic rings. The maximum absolute atomic E-state index is 12.1. The summed E-state index contributed by atoms with van der Waals surface area (Å²) in [6, 6.07) is 0.0200. The number of urea groups is 1. The zero-order chi connectivity index (χ0) is 13.8. The fourth-order valence-corrected chi connectivity index (χ4v) is 2.88. The number of halogens is 1. The maximum atomic E-state index is 12.1. The summed E-state index contributed by atoms with van der Waals surface area (Å²) in [6.07, 6.45) is 5.30. The number of rotatable bonds is 2. The van der Waals surface area contributed by atoms with Gasteiger partial charge in [-0.05, 0) is 41.1 Å². The van der Waals surface area contributed by atoms with Gasteiger partial charge in [-0.15, -0.1) is 0 Å². The van der Waals surface area contributed by atoms with Crippen LogP contribution in [0.3, 0.4) is 0 Å². The number of likely N-dealkylation sites (tertiary alicyclic amines) is 1. The molecule has 0 radical (unpaired) electrons. The van der Waals surface area contributed by atoms with E-state index in [0.29, 0.717) is 6.54 Å². The van der Waals surface area contributed by atoms with Gasteiger partial charge in [0.2, 0.25) is 0 Å². The van der Waals surface area contributed by atoms with Crippen LogP contribution in [0.4, 0.5) is 4.79 Å². The summed E-state index contributed by atoms with van der Waals surface area (Å²) < 4.78 is 2.67. The van der Waals surface area contributed by atoms with E-state index in [4.69, 9.17) is 0 Å². The molecule has 1 aromatic heterocycles. The summed E-state index contributed by atoms with van der Waals surface area (Å²) >= 11 is 3.44. The van der Waals surface area contributed by atoms with Gasteiger partial charge in [0.15, 0.2) is 0 Å². The Kier molecular flexibility index (Phi) is 4.85. The third-order valence-corrected chi connectivity index (χ3v) is 4.23. The summed E-state index contributed by atoms with van der Waals surface area (Å²) in [5.41, 5.74) is 0.860. The molecule has 0 spiro atoms. The topological polar surface area (TPSA) is 50.2 Å². The summed E-state index contributed by atoms with van der Waals surface area (Å²) in [4.78, 5) is 14.0. The van der Waals surface area contributed by atoms with Crippen LogP contribution >= 0.6 is 15.9 Å². The highest BCUT2D eigenvalue weighted by atomic mass is 79.9. The molecule has 6 heteroatoms. The number of aryl methyl sites for hydroxylation is 1. The Labute approximate surface area is 122 Å². The number of nitrogens with one attached hydrogen (secondary N) is 1. The van der Waals surface area contributed by atoms with Crippen molar-refractivity contribution < 1.29 is 4.79 Å². The Morgan fingerprint density at radius 1 is 1.53 bits per heavy atom. The van der Waals surface area contributed by atoms with Gasteiger partial charge in [-0.1, -0.05) is 6.92 Å². The maximum Gasteiger partial charge on any atom is 0.317 e. The molecule has 1 atom stereocenters. The second-order valence-corrected chi connectivity index (χ2v) is 6.13. The Bertz CT molecular complexity index is 446. The molecular weight excluding hydrogens is 308 g/mol. The Morgan fingerprint density at radius 2 is 2.32 bits per heavy atom. The fraction of sp³-hybridized carbons (Fsp3) is 0.692. The summed E-state index contributed by atoms with van der Waals surface area (Å²) in [6.45, 7) is 4.44. The molecule has 0 aliphatic carbocycles. The van der Waals surface area contributed by atoms with Crippen LogP contribution in [0.1, 0.15) is 31.9 Å². The van der Waals surface area contributed by atoms with Crippen molar-refractivity contribution in [2.24, 2.45) is 13.0 Å². The van der Waals surface area contributed by atoms with Crippen molar-refractivity contribution in [2.45, 2.75) is 32.7 Å².